The number of nitrogen functional groups attached to an aromatic ring is 1. The standard InChI is InChI=1S/C10H12N6O/c1-6(11)16-17-13-5-10-14-8-3-2-7(12)4-9(8)15-10/h2-5H,12H2,1H3,(H2,11,16)(H,14,15)/b13-5+. The Labute approximate surface area is 97.1 Å². The predicted molar refractivity (Wildman–Crippen MR) is 66.5 cm³/mol. The molecular weight excluding hydrogens is 220 g/mol. The molecule has 0 aliphatic heterocycles. The Morgan fingerprint density at radius 2 is 2.35 bits per heavy atom. The van der Waals surface area contributed by atoms with Gasteiger partial charge in [-0.15, -0.1) is 0 Å². The second-order valence-corrected chi connectivity index (χ2v) is 3.45. The van der Waals surface area contributed by atoms with E-state index in [0.717, 1.165) is 11.0 Å². The molecule has 0 fully saturated rings. The average molecular weight is 232 g/mol. The van der Waals surface area contributed by atoms with Gasteiger partial charge in [0.25, 0.3) is 0 Å². The second kappa shape index (κ2) is 4.52. The number of anilines is 1. The number of nitrogens with zero attached hydrogens (tertiary/aromatic N) is 3. The number of benzene rings is 1. The summed E-state index contributed by atoms with van der Waals surface area (Å²) in [6, 6.07) is 5.40. The zero-order chi connectivity index (χ0) is 12.3. The molecule has 17 heavy (non-hydrogen) atoms. The highest BCUT2D eigenvalue weighted by Gasteiger charge is 2.00. The lowest BCUT2D eigenvalue weighted by Gasteiger charge is -1.89. The van der Waals surface area contributed by atoms with Crippen LogP contribution in [-0.2, 0) is 4.94 Å². The summed E-state index contributed by atoms with van der Waals surface area (Å²) in [5.74, 6) is 0.843. The molecule has 0 bridgehead atoms. The molecule has 0 spiro atoms. The van der Waals surface area contributed by atoms with Crippen molar-refractivity contribution in [3.63, 3.8) is 0 Å². The van der Waals surface area contributed by atoms with Crippen LogP contribution >= 0.6 is 0 Å². The number of aromatic amines is 1. The van der Waals surface area contributed by atoms with Crippen molar-refractivity contribution in [1.82, 2.24) is 9.97 Å². The zero-order valence-corrected chi connectivity index (χ0v) is 9.21. The summed E-state index contributed by atoms with van der Waals surface area (Å²) in [6.45, 7) is 1.60. The SMILES string of the molecule is C/C(N)=N\O/N=C/c1nc2ccc(N)cc2[nH]1. The third kappa shape index (κ3) is 2.71. The molecular formula is C10H12N6O. The summed E-state index contributed by atoms with van der Waals surface area (Å²) < 4.78 is 0. The quantitative estimate of drug-likeness (QED) is 0.314. The first kappa shape index (κ1) is 10.9. The minimum atomic E-state index is 0.291. The van der Waals surface area contributed by atoms with Gasteiger partial charge in [-0.3, -0.25) is 0 Å². The molecule has 7 nitrogen and oxygen atoms in total. The average Bonchev–Trinajstić information content (AvgIpc) is 2.66. The fourth-order valence-corrected chi connectivity index (χ4v) is 1.27. The molecule has 0 radical (unpaired) electrons. The smallest absolute Gasteiger partial charge is 0.153 e. The molecule has 0 saturated heterocycles. The van der Waals surface area contributed by atoms with Crippen LogP contribution in [0.4, 0.5) is 5.69 Å². The molecule has 1 heterocycles. The number of aromatic nitrogens is 2. The molecule has 0 aliphatic rings. The molecule has 0 aliphatic carbocycles. The maximum absolute atomic E-state index is 5.65. The molecule has 1 aromatic heterocycles. The molecule has 88 valence electrons. The number of imidazole rings is 1. The Morgan fingerprint density at radius 1 is 1.53 bits per heavy atom. The largest absolute Gasteiger partial charge is 0.399 e. The van der Waals surface area contributed by atoms with Crippen molar-refractivity contribution in [3.8, 4) is 0 Å². The van der Waals surface area contributed by atoms with Crippen LogP contribution in [0.2, 0.25) is 0 Å². The number of nitrogens with one attached hydrogen (secondary N) is 1. The van der Waals surface area contributed by atoms with Gasteiger partial charge in [0, 0.05) is 5.69 Å². The van der Waals surface area contributed by atoms with Crippen LogP contribution in [-0.4, -0.2) is 22.0 Å². The van der Waals surface area contributed by atoms with Crippen molar-refractivity contribution < 1.29 is 4.94 Å². The van der Waals surface area contributed by atoms with E-state index in [2.05, 4.69) is 25.2 Å². The monoisotopic (exact) mass is 232 g/mol. The number of hydrogen-bond donors (Lipinski definition) is 3. The Bertz CT molecular complexity index is 581. The van der Waals surface area contributed by atoms with Crippen molar-refractivity contribution in [2.24, 2.45) is 16.0 Å². The molecule has 0 saturated carbocycles. The van der Waals surface area contributed by atoms with E-state index in [0.29, 0.717) is 17.3 Å². The highest BCUT2D eigenvalue weighted by Crippen LogP contribution is 2.14. The van der Waals surface area contributed by atoms with E-state index in [1.165, 1.54) is 6.21 Å². The summed E-state index contributed by atoms with van der Waals surface area (Å²) in [4.78, 5) is 11.8. The first-order chi connectivity index (χ1) is 8.15. The number of oxime groups is 2. The lowest BCUT2D eigenvalue weighted by Crippen LogP contribution is -2.04. The maximum Gasteiger partial charge on any atom is 0.153 e. The van der Waals surface area contributed by atoms with E-state index in [1.807, 2.05) is 6.07 Å². The minimum absolute atomic E-state index is 0.291. The first-order valence-corrected chi connectivity index (χ1v) is 4.90. The highest BCUT2D eigenvalue weighted by molar-refractivity contribution is 5.85. The van der Waals surface area contributed by atoms with Gasteiger partial charge >= 0.3 is 0 Å². The van der Waals surface area contributed by atoms with Gasteiger partial charge in [-0.2, -0.15) is 0 Å². The van der Waals surface area contributed by atoms with Gasteiger partial charge in [0.1, 0.15) is 12.1 Å². The normalized spacial score (nSPS) is 12.4. The van der Waals surface area contributed by atoms with Gasteiger partial charge in [-0.25, -0.2) is 9.92 Å². The predicted octanol–water partition coefficient (Wildman–Crippen LogP) is 0.788. The Kier molecular flexibility index (Phi) is 2.91. The van der Waals surface area contributed by atoms with Crippen molar-refractivity contribution in [2.45, 2.75) is 6.92 Å². The van der Waals surface area contributed by atoms with E-state index >= 15 is 0 Å². The third-order valence-corrected chi connectivity index (χ3v) is 1.93. The van der Waals surface area contributed by atoms with Crippen LogP contribution < -0.4 is 11.5 Å². The zero-order valence-electron chi connectivity index (χ0n) is 9.21. The van der Waals surface area contributed by atoms with Gasteiger partial charge in [-0.1, -0.05) is 5.16 Å². The van der Waals surface area contributed by atoms with Crippen LogP contribution in [0.3, 0.4) is 0 Å². The van der Waals surface area contributed by atoms with E-state index < -0.39 is 0 Å². The molecule has 5 N–H and O–H groups in total. The fraction of sp³-hybridized carbons (Fsp3) is 0.100. The summed E-state index contributed by atoms with van der Waals surface area (Å²) in [6.07, 6.45) is 1.41. The van der Waals surface area contributed by atoms with Crippen molar-refractivity contribution in [1.29, 1.82) is 0 Å². The first-order valence-electron chi connectivity index (χ1n) is 4.90. The minimum Gasteiger partial charge on any atom is -0.399 e. The number of nitrogens with two attached hydrogens (primary N) is 2. The molecule has 0 amide bonds. The number of hydrogen-bond acceptors (Lipinski definition) is 5. The van der Waals surface area contributed by atoms with E-state index in [9.17, 15) is 0 Å². The lowest BCUT2D eigenvalue weighted by molar-refractivity contribution is 0.156. The fourth-order valence-electron chi connectivity index (χ4n) is 1.27. The van der Waals surface area contributed by atoms with Crippen LogP contribution in [0, 0.1) is 0 Å². The summed E-state index contributed by atoms with van der Waals surface area (Å²) in [7, 11) is 0. The summed E-state index contributed by atoms with van der Waals surface area (Å²) in [5, 5.41) is 7.02. The van der Waals surface area contributed by atoms with E-state index in [1.54, 1.807) is 19.1 Å². The van der Waals surface area contributed by atoms with Crippen LogP contribution in [0.15, 0.2) is 28.5 Å². The number of fused-ring (bicyclic) bond motifs is 1. The number of H-pyrrole nitrogens is 1. The van der Waals surface area contributed by atoms with Gasteiger partial charge < -0.3 is 16.5 Å². The molecule has 1 aromatic carbocycles. The van der Waals surface area contributed by atoms with Crippen LogP contribution in [0.25, 0.3) is 11.0 Å². The lowest BCUT2D eigenvalue weighted by atomic mass is 10.3. The maximum atomic E-state index is 5.65. The van der Waals surface area contributed by atoms with E-state index in [4.69, 9.17) is 11.5 Å². The van der Waals surface area contributed by atoms with Gasteiger partial charge in [0.15, 0.2) is 5.82 Å². The second-order valence-electron chi connectivity index (χ2n) is 3.45. The van der Waals surface area contributed by atoms with Crippen molar-refractivity contribution in [2.75, 3.05) is 5.73 Å². The summed E-state index contributed by atoms with van der Waals surface area (Å²) >= 11 is 0. The Hall–Kier alpha value is -2.57. The molecule has 0 atom stereocenters. The van der Waals surface area contributed by atoms with Gasteiger partial charge in [0.05, 0.1) is 11.0 Å². The Morgan fingerprint density at radius 3 is 3.12 bits per heavy atom. The van der Waals surface area contributed by atoms with E-state index in [-0.39, 0.29) is 0 Å². The van der Waals surface area contributed by atoms with Crippen LogP contribution in [0.5, 0.6) is 0 Å². The molecule has 2 rings (SSSR count). The highest BCUT2D eigenvalue weighted by atomic mass is 16.8. The summed E-state index contributed by atoms with van der Waals surface area (Å²) in [5.41, 5.74) is 13.2. The van der Waals surface area contributed by atoms with Gasteiger partial charge in [0.2, 0.25) is 0 Å². The number of amidine groups is 1. The molecule has 2 aromatic rings. The molecule has 7 heteroatoms. The van der Waals surface area contributed by atoms with Gasteiger partial charge in [-0.05, 0) is 30.3 Å². The van der Waals surface area contributed by atoms with Crippen molar-refractivity contribution in [3.05, 3.63) is 24.0 Å². The van der Waals surface area contributed by atoms with Crippen molar-refractivity contribution >= 4 is 28.8 Å². The number of rotatable bonds is 3. The Balaban J connectivity index is 2.17. The van der Waals surface area contributed by atoms with Crippen LogP contribution in [0.1, 0.15) is 12.7 Å². The topological polar surface area (TPSA) is 115 Å². The third-order valence-electron chi connectivity index (χ3n) is 1.93. The molecule has 0 unspecified atom stereocenters.